The standard InChI is InChI=1S/C18H23NO2/c1-5-13(2)15-6-8-17(9-7-15)21-12-16-11-18(20-4)10-14(3)19-16/h6-11,13H,5,12H2,1-4H3. The van der Waals surface area contributed by atoms with Crippen molar-refractivity contribution in [3.63, 3.8) is 0 Å². The Balaban J connectivity index is 2.01. The van der Waals surface area contributed by atoms with Crippen LogP contribution >= 0.6 is 0 Å². The predicted molar refractivity (Wildman–Crippen MR) is 85.0 cm³/mol. The van der Waals surface area contributed by atoms with E-state index in [9.17, 15) is 0 Å². The van der Waals surface area contributed by atoms with Crippen molar-refractivity contribution in [2.45, 2.75) is 39.7 Å². The van der Waals surface area contributed by atoms with Gasteiger partial charge in [-0.1, -0.05) is 26.0 Å². The summed E-state index contributed by atoms with van der Waals surface area (Å²) < 4.78 is 11.0. The first-order valence-electron chi connectivity index (χ1n) is 7.36. The molecule has 2 aromatic rings. The van der Waals surface area contributed by atoms with Crippen molar-refractivity contribution >= 4 is 0 Å². The van der Waals surface area contributed by atoms with E-state index in [1.54, 1.807) is 7.11 Å². The Morgan fingerprint density at radius 1 is 1.10 bits per heavy atom. The summed E-state index contributed by atoms with van der Waals surface area (Å²) in [5.74, 6) is 2.26. The van der Waals surface area contributed by atoms with E-state index in [2.05, 4.69) is 31.0 Å². The maximum Gasteiger partial charge on any atom is 0.130 e. The lowest BCUT2D eigenvalue weighted by Gasteiger charge is -2.11. The first kappa shape index (κ1) is 15.4. The van der Waals surface area contributed by atoms with Crippen molar-refractivity contribution < 1.29 is 9.47 Å². The van der Waals surface area contributed by atoms with Crippen LogP contribution in [0.4, 0.5) is 0 Å². The van der Waals surface area contributed by atoms with Gasteiger partial charge >= 0.3 is 0 Å². The molecular formula is C18H23NO2. The highest BCUT2D eigenvalue weighted by molar-refractivity contribution is 5.30. The van der Waals surface area contributed by atoms with E-state index in [-0.39, 0.29) is 0 Å². The van der Waals surface area contributed by atoms with E-state index in [4.69, 9.17) is 9.47 Å². The van der Waals surface area contributed by atoms with Gasteiger partial charge < -0.3 is 9.47 Å². The molecule has 0 aliphatic rings. The maximum absolute atomic E-state index is 5.80. The minimum absolute atomic E-state index is 0.445. The fraction of sp³-hybridized carbons (Fsp3) is 0.389. The largest absolute Gasteiger partial charge is 0.497 e. The van der Waals surface area contributed by atoms with Gasteiger partial charge in [0.15, 0.2) is 0 Å². The molecule has 1 heterocycles. The van der Waals surface area contributed by atoms with Crippen LogP contribution in [0.15, 0.2) is 36.4 Å². The van der Waals surface area contributed by atoms with Crippen LogP contribution in [0.1, 0.15) is 43.1 Å². The van der Waals surface area contributed by atoms with Crippen molar-refractivity contribution in [3.8, 4) is 11.5 Å². The summed E-state index contributed by atoms with van der Waals surface area (Å²) in [6, 6.07) is 12.1. The topological polar surface area (TPSA) is 31.4 Å². The Bertz CT molecular complexity index is 578. The van der Waals surface area contributed by atoms with Crippen molar-refractivity contribution in [2.24, 2.45) is 0 Å². The predicted octanol–water partition coefficient (Wildman–Crippen LogP) is 4.49. The van der Waals surface area contributed by atoms with E-state index in [1.807, 2.05) is 31.2 Å². The molecule has 0 aliphatic heterocycles. The molecule has 0 saturated carbocycles. The molecule has 2 rings (SSSR count). The second-order valence-corrected chi connectivity index (χ2v) is 5.31. The number of aryl methyl sites for hydroxylation is 1. The van der Waals surface area contributed by atoms with Crippen LogP contribution in [0, 0.1) is 6.92 Å². The molecule has 0 fully saturated rings. The molecule has 0 saturated heterocycles. The summed E-state index contributed by atoms with van der Waals surface area (Å²) in [5, 5.41) is 0. The first-order valence-corrected chi connectivity index (χ1v) is 7.36. The van der Waals surface area contributed by atoms with Crippen molar-refractivity contribution in [3.05, 3.63) is 53.3 Å². The minimum atomic E-state index is 0.445. The number of nitrogens with zero attached hydrogens (tertiary/aromatic N) is 1. The number of pyridine rings is 1. The van der Waals surface area contributed by atoms with Crippen LogP contribution in [-0.4, -0.2) is 12.1 Å². The molecular weight excluding hydrogens is 262 g/mol. The van der Waals surface area contributed by atoms with Gasteiger partial charge in [-0.25, -0.2) is 0 Å². The first-order chi connectivity index (χ1) is 10.1. The van der Waals surface area contributed by atoms with Gasteiger partial charge in [0.2, 0.25) is 0 Å². The van der Waals surface area contributed by atoms with Gasteiger partial charge in [0.05, 0.1) is 12.8 Å². The Morgan fingerprint density at radius 2 is 1.81 bits per heavy atom. The molecule has 0 bridgehead atoms. The maximum atomic E-state index is 5.80. The van der Waals surface area contributed by atoms with Crippen LogP contribution in [0.2, 0.25) is 0 Å². The summed E-state index contributed by atoms with van der Waals surface area (Å²) in [4.78, 5) is 4.45. The fourth-order valence-electron chi connectivity index (χ4n) is 2.18. The van der Waals surface area contributed by atoms with Crippen LogP contribution in [-0.2, 0) is 6.61 Å². The van der Waals surface area contributed by atoms with Gasteiger partial charge in [-0.2, -0.15) is 0 Å². The number of ether oxygens (including phenoxy) is 2. The highest BCUT2D eigenvalue weighted by atomic mass is 16.5. The highest BCUT2D eigenvalue weighted by Crippen LogP contribution is 2.22. The Morgan fingerprint density at radius 3 is 2.43 bits per heavy atom. The summed E-state index contributed by atoms with van der Waals surface area (Å²) >= 11 is 0. The van der Waals surface area contributed by atoms with Crippen LogP contribution in [0.3, 0.4) is 0 Å². The molecule has 1 atom stereocenters. The highest BCUT2D eigenvalue weighted by Gasteiger charge is 2.04. The van der Waals surface area contributed by atoms with E-state index < -0.39 is 0 Å². The van der Waals surface area contributed by atoms with Crippen molar-refractivity contribution in [2.75, 3.05) is 7.11 Å². The molecule has 0 N–H and O–H groups in total. The summed E-state index contributed by atoms with van der Waals surface area (Å²) in [6.07, 6.45) is 1.15. The van der Waals surface area contributed by atoms with E-state index in [1.165, 1.54) is 5.56 Å². The fourth-order valence-corrected chi connectivity index (χ4v) is 2.18. The lowest BCUT2D eigenvalue weighted by molar-refractivity contribution is 0.299. The van der Waals surface area contributed by atoms with Crippen molar-refractivity contribution in [1.29, 1.82) is 0 Å². The second kappa shape index (κ2) is 7.11. The van der Waals surface area contributed by atoms with Gasteiger partial charge in [-0.15, -0.1) is 0 Å². The minimum Gasteiger partial charge on any atom is -0.497 e. The SMILES string of the molecule is CCC(C)c1ccc(OCc2cc(OC)cc(C)n2)cc1. The number of rotatable bonds is 6. The van der Waals surface area contributed by atoms with E-state index >= 15 is 0 Å². The Kier molecular flexibility index (Phi) is 5.20. The summed E-state index contributed by atoms with van der Waals surface area (Å²) in [5.41, 5.74) is 3.15. The van der Waals surface area contributed by atoms with Gasteiger partial charge in [-0.3, -0.25) is 4.98 Å². The second-order valence-electron chi connectivity index (χ2n) is 5.31. The smallest absolute Gasteiger partial charge is 0.130 e. The molecule has 21 heavy (non-hydrogen) atoms. The average molecular weight is 285 g/mol. The molecule has 0 aliphatic carbocycles. The molecule has 3 nitrogen and oxygen atoms in total. The number of methoxy groups -OCH3 is 1. The monoisotopic (exact) mass is 285 g/mol. The molecule has 0 spiro atoms. The van der Waals surface area contributed by atoms with Crippen molar-refractivity contribution in [1.82, 2.24) is 4.98 Å². The zero-order chi connectivity index (χ0) is 15.2. The average Bonchev–Trinajstić information content (AvgIpc) is 2.52. The molecule has 1 aromatic carbocycles. The van der Waals surface area contributed by atoms with Crippen LogP contribution in [0.25, 0.3) is 0 Å². The molecule has 0 amide bonds. The molecule has 1 aromatic heterocycles. The van der Waals surface area contributed by atoms with Gasteiger partial charge in [0.1, 0.15) is 18.1 Å². The lowest BCUT2D eigenvalue weighted by atomic mass is 9.99. The van der Waals surface area contributed by atoms with Gasteiger partial charge in [-0.05, 0) is 37.0 Å². The Labute approximate surface area is 126 Å². The van der Waals surface area contributed by atoms with Crippen LogP contribution in [0.5, 0.6) is 11.5 Å². The van der Waals surface area contributed by atoms with Gasteiger partial charge in [0.25, 0.3) is 0 Å². The molecule has 0 radical (unpaired) electrons. The molecule has 1 unspecified atom stereocenters. The third-order valence-electron chi connectivity index (χ3n) is 3.66. The molecule has 3 heteroatoms. The normalized spacial score (nSPS) is 12.0. The zero-order valence-corrected chi connectivity index (χ0v) is 13.2. The number of benzene rings is 1. The quantitative estimate of drug-likeness (QED) is 0.783. The van der Waals surface area contributed by atoms with E-state index in [0.29, 0.717) is 12.5 Å². The third-order valence-corrected chi connectivity index (χ3v) is 3.66. The summed E-state index contributed by atoms with van der Waals surface area (Å²) in [7, 11) is 1.66. The third kappa shape index (κ3) is 4.22. The zero-order valence-electron chi connectivity index (χ0n) is 13.2. The van der Waals surface area contributed by atoms with E-state index in [0.717, 1.165) is 29.3 Å². The number of hydrogen-bond donors (Lipinski definition) is 0. The Hall–Kier alpha value is -2.03. The molecule has 112 valence electrons. The lowest BCUT2D eigenvalue weighted by Crippen LogP contribution is -2.01. The number of hydrogen-bond acceptors (Lipinski definition) is 3. The summed E-state index contributed by atoms with van der Waals surface area (Å²) in [6.45, 7) is 6.83. The van der Waals surface area contributed by atoms with Crippen LogP contribution < -0.4 is 9.47 Å². The van der Waals surface area contributed by atoms with Gasteiger partial charge in [0, 0.05) is 17.8 Å². The number of aromatic nitrogens is 1.